The Bertz CT molecular complexity index is 2620. The number of pyridine rings is 2. The predicted octanol–water partition coefficient (Wildman–Crippen LogP) is 11.7. The second kappa shape index (κ2) is 18.4. The molecule has 2 unspecified atom stereocenters. The van der Waals surface area contributed by atoms with Gasteiger partial charge in [-0.05, 0) is 198 Å². The molecule has 2 fully saturated rings. The Hall–Kier alpha value is -3.90. The minimum Gasteiger partial charge on any atom is -0.331 e. The number of nitrogens with one attached hydrogen (secondary N) is 1. The monoisotopic (exact) mass is 978 g/mol. The van der Waals surface area contributed by atoms with Crippen molar-refractivity contribution in [2.75, 3.05) is 33.2 Å². The van der Waals surface area contributed by atoms with Gasteiger partial charge in [-0.15, -0.1) is 0 Å². The Morgan fingerprint density at radius 1 is 0.639 bits per heavy atom. The summed E-state index contributed by atoms with van der Waals surface area (Å²) in [5, 5.41) is 5.05. The molecule has 2 aromatic carbocycles. The number of nitrogens with zero attached hydrogens (tertiary/aromatic N) is 7. The molecule has 0 radical (unpaired) electrons. The van der Waals surface area contributed by atoms with Crippen molar-refractivity contribution in [2.45, 2.75) is 64.5 Å². The molecule has 2 aliphatic heterocycles. The van der Waals surface area contributed by atoms with Crippen LogP contribution in [0, 0.1) is 25.7 Å². The summed E-state index contributed by atoms with van der Waals surface area (Å²) in [5.74, 6) is 3.66. The summed E-state index contributed by atoms with van der Waals surface area (Å²) in [5.41, 5.74) is 12.4. The van der Waals surface area contributed by atoms with E-state index in [1.807, 2.05) is 63.2 Å². The number of hydrogen-bond acceptors (Lipinski definition) is 6. The molecule has 0 amide bonds. The molecule has 12 heteroatoms. The maximum Gasteiger partial charge on any atom is 0.105 e. The highest BCUT2D eigenvalue weighted by molar-refractivity contribution is 9.10. The summed E-state index contributed by atoms with van der Waals surface area (Å²) >= 11 is 20.2. The zero-order chi connectivity index (χ0) is 42.2. The Morgan fingerprint density at radius 2 is 1.10 bits per heavy atom. The third-order valence-electron chi connectivity index (χ3n) is 13.1. The van der Waals surface area contributed by atoms with Gasteiger partial charge < -0.3 is 19.4 Å². The fourth-order valence-corrected chi connectivity index (χ4v) is 10.9. The number of halogens is 4. The predicted molar refractivity (Wildman–Crippen MR) is 256 cm³/mol. The van der Waals surface area contributed by atoms with Crippen molar-refractivity contribution >= 4 is 78.4 Å². The minimum absolute atomic E-state index is 0.264. The first-order valence-electron chi connectivity index (χ1n) is 21.3. The molecule has 0 bridgehead atoms. The lowest BCUT2D eigenvalue weighted by Gasteiger charge is -2.35. The van der Waals surface area contributed by atoms with Crippen molar-refractivity contribution in [3.05, 3.63) is 161 Å². The standard InChI is InChI=1S/C25H26BrClN4.C24H24BrClN4/c1-16-28-7-10-31(16)15-19-11-18-12-21(27)3-4-22(18)24(17-5-8-30(2)9-6-17)25-23(19)13-20(26)14-29-25;1-15-28-8-9-30(15)14-18-10-17-11-20(26)2-3-21(17)23(16-4-6-27-7-5-16)24-22(18)12-19(25)13-29-24/h3-4,7,10-14,17,24H,5-6,8-9,15H2,1-2H3;2-3,8-13,16,23,27H,4-7,14H2,1H3. The van der Waals surface area contributed by atoms with Gasteiger partial charge in [-0.3, -0.25) is 9.97 Å². The Labute approximate surface area is 385 Å². The average molecular weight is 982 g/mol. The lowest BCUT2D eigenvalue weighted by molar-refractivity contribution is 0.206. The zero-order valence-corrected chi connectivity index (χ0v) is 39.4. The number of aromatic nitrogens is 6. The summed E-state index contributed by atoms with van der Waals surface area (Å²) in [4.78, 5) is 21.3. The normalized spacial score (nSPS) is 19.3. The Balaban J connectivity index is 0.000000156. The van der Waals surface area contributed by atoms with Crippen LogP contribution in [0.3, 0.4) is 0 Å². The van der Waals surface area contributed by atoms with Crippen molar-refractivity contribution in [1.82, 2.24) is 39.3 Å². The molecule has 2 aliphatic carbocycles. The highest BCUT2D eigenvalue weighted by atomic mass is 79.9. The van der Waals surface area contributed by atoms with Gasteiger partial charge in [-0.25, -0.2) is 9.97 Å². The van der Waals surface area contributed by atoms with Crippen LogP contribution in [0.4, 0.5) is 0 Å². The molecule has 4 aromatic heterocycles. The number of likely N-dealkylation sites (tertiary alicyclic amines) is 1. The highest BCUT2D eigenvalue weighted by Crippen LogP contribution is 2.47. The minimum atomic E-state index is 0.264. The molecule has 6 aromatic rings. The van der Waals surface area contributed by atoms with Gasteiger partial charge in [0.05, 0.1) is 11.4 Å². The smallest absolute Gasteiger partial charge is 0.105 e. The lowest BCUT2D eigenvalue weighted by Crippen LogP contribution is -2.33. The fraction of sp³-hybridized carbons (Fsp3) is 0.347. The van der Waals surface area contributed by atoms with E-state index in [0.29, 0.717) is 11.8 Å². The molecule has 2 saturated heterocycles. The van der Waals surface area contributed by atoms with E-state index in [9.17, 15) is 0 Å². The second-order valence-electron chi connectivity index (χ2n) is 16.9. The van der Waals surface area contributed by atoms with Crippen LogP contribution in [0.2, 0.25) is 10.0 Å². The molecule has 4 aliphatic rings. The summed E-state index contributed by atoms with van der Waals surface area (Å²) in [6.45, 7) is 9.97. The van der Waals surface area contributed by atoms with E-state index in [-0.39, 0.29) is 11.8 Å². The van der Waals surface area contributed by atoms with Crippen LogP contribution < -0.4 is 5.32 Å². The number of imidazole rings is 2. The van der Waals surface area contributed by atoms with Crippen LogP contribution in [0.5, 0.6) is 0 Å². The molecule has 314 valence electrons. The molecule has 8 nitrogen and oxygen atoms in total. The maximum atomic E-state index is 6.46. The molecule has 10 rings (SSSR count). The first-order valence-corrected chi connectivity index (χ1v) is 23.6. The molecular formula is C49H50Br2Cl2N8. The summed E-state index contributed by atoms with van der Waals surface area (Å²) in [6.07, 6.45) is 20.9. The van der Waals surface area contributed by atoms with Gasteiger partial charge in [0.15, 0.2) is 0 Å². The average Bonchev–Trinajstić information content (AvgIpc) is 3.79. The third kappa shape index (κ3) is 9.13. The van der Waals surface area contributed by atoms with E-state index >= 15 is 0 Å². The van der Waals surface area contributed by atoms with E-state index in [2.05, 4.69) is 117 Å². The summed E-state index contributed by atoms with van der Waals surface area (Å²) in [7, 11) is 2.22. The second-order valence-corrected chi connectivity index (χ2v) is 19.7. The van der Waals surface area contributed by atoms with Gasteiger partial charge >= 0.3 is 0 Å². The Morgan fingerprint density at radius 3 is 1.54 bits per heavy atom. The van der Waals surface area contributed by atoms with Crippen LogP contribution in [0.25, 0.3) is 23.3 Å². The third-order valence-corrected chi connectivity index (χ3v) is 14.4. The number of piperidine rings is 2. The van der Waals surface area contributed by atoms with Gasteiger partial charge in [0, 0.05) is 92.2 Å². The molecular weight excluding hydrogens is 931 g/mol. The molecule has 6 heterocycles. The van der Waals surface area contributed by atoms with Crippen LogP contribution >= 0.6 is 55.1 Å². The number of hydrogen-bond donors (Lipinski definition) is 1. The van der Waals surface area contributed by atoms with Gasteiger partial charge in [-0.2, -0.15) is 0 Å². The molecule has 1 N–H and O–H groups in total. The van der Waals surface area contributed by atoms with E-state index in [1.54, 1.807) is 0 Å². The van der Waals surface area contributed by atoms with Crippen LogP contribution in [-0.2, 0) is 13.1 Å². The first-order chi connectivity index (χ1) is 29.6. The highest BCUT2D eigenvalue weighted by Gasteiger charge is 2.35. The molecule has 61 heavy (non-hydrogen) atoms. The fourth-order valence-electron chi connectivity index (χ4n) is 9.91. The van der Waals surface area contributed by atoms with E-state index < -0.39 is 0 Å². The first kappa shape index (κ1) is 42.4. The SMILES string of the molecule is Cc1nccn1CC1=Cc2cc(Cl)ccc2C(C2CCN(C)CC2)c2ncc(Br)cc21.Cc1nccn1CC1=Cc2cc(Cl)ccc2C(C2CCNCC2)c2ncc(Br)cc21. The number of benzene rings is 2. The molecule has 0 spiro atoms. The van der Waals surface area contributed by atoms with E-state index in [0.717, 1.165) is 82.7 Å². The number of allylic oxidation sites excluding steroid dienone is 2. The van der Waals surface area contributed by atoms with Crippen molar-refractivity contribution in [1.29, 1.82) is 0 Å². The lowest BCUT2D eigenvalue weighted by atomic mass is 9.76. The topological polar surface area (TPSA) is 76.7 Å². The zero-order valence-electron chi connectivity index (χ0n) is 34.8. The van der Waals surface area contributed by atoms with Crippen LogP contribution in [-0.4, -0.2) is 67.2 Å². The van der Waals surface area contributed by atoms with E-state index in [4.69, 9.17) is 33.2 Å². The van der Waals surface area contributed by atoms with Gasteiger partial charge in [0.1, 0.15) is 11.6 Å². The number of fused-ring (bicyclic) bond motifs is 4. The summed E-state index contributed by atoms with van der Waals surface area (Å²) in [6, 6.07) is 17.1. The van der Waals surface area contributed by atoms with Crippen molar-refractivity contribution in [3.63, 3.8) is 0 Å². The van der Waals surface area contributed by atoms with Crippen LogP contribution in [0.15, 0.2) is 94.7 Å². The molecule has 2 atom stereocenters. The van der Waals surface area contributed by atoms with Crippen molar-refractivity contribution in [2.24, 2.45) is 11.8 Å². The van der Waals surface area contributed by atoms with Gasteiger partial charge in [-0.1, -0.05) is 35.3 Å². The number of rotatable bonds is 6. The van der Waals surface area contributed by atoms with Crippen molar-refractivity contribution in [3.8, 4) is 0 Å². The largest absolute Gasteiger partial charge is 0.331 e. The van der Waals surface area contributed by atoms with Gasteiger partial charge in [0.2, 0.25) is 0 Å². The number of aryl methyl sites for hydroxylation is 2. The van der Waals surface area contributed by atoms with E-state index in [1.165, 1.54) is 68.8 Å². The maximum absolute atomic E-state index is 6.46. The Kier molecular flexibility index (Phi) is 12.8. The van der Waals surface area contributed by atoms with Crippen molar-refractivity contribution < 1.29 is 0 Å². The van der Waals surface area contributed by atoms with Crippen LogP contribution in [0.1, 0.15) is 93.9 Å². The van der Waals surface area contributed by atoms with Gasteiger partial charge in [0.25, 0.3) is 0 Å². The quantitative estimate of drug-likeness (QED) is 0.179. The summed E-state index contributed by atoms with van der Waals surface area (Å²) < 4.78 is 6.38. The molecule has 0 saturated carbocycles.